The molecule has 0 bridgehead atoms. The predicted molar refractivity (Wildman–Crippen MR) is 65.7 cm³/mol. The Labute approximate surface area is 102 Å². The fourth-order valence-corrected chi connectivity index (χ4v) is 1.45. The van der Waals surface area contributed by atoms with Gasteiger partial charge in [0.25, 0.3) is 0 Å². The molecular weight excluding hydrogens is 218 g/mol. The molecule has 0 spiro atoms. The van der Waals surface area contributed by atoms with Gasteiger partial charge in [0, 0.05) is 6.54 Å². The van der Waals surface area contributed by atoms with Gasteiger partial charge in [-0.1, -0.05) is 24.3 Å². The number of esters is 1. The molecule has 0 unspecified atom stereocenters. The molecule has 0 amide bonds. The first kappa shape index (κ1) is 13.7. The normalized spacial score (nSPS) is 10.2. The lowest BCUT2D eigenvalue weighted by molar-refractivity contribution is -0.139. The Balaban J connectivity index is 2.54. The Morgan fingerprint density at radius 3 is 2.65 bits per heavy atom. The zero-order valence-corrected chi connectivity index (χ0v) is 10.4. The van der Waals surface area contributed by atoms with Crippen LogP contribution < -0.4 is 5.32 Å². The van der Waals surface area contributed by atoms with Crippen LogP contribution in [-0.2, 0) is 27.3 Å². The molecule has 0 saturated carbocycles. The maximum absolute atomic E-state index is 11.2. The standard InChI is InChI=1S/C13H19NO3/c1-14-7-8-17-10-12-6-4-3-5-11(12)9-13(15)16-2/h3-6,14H,7-10H2,1-2H3. The highest BCUT2D eigenvalue weighted by Crippen LogP contribution is 2.11. The maximum Gasteiger partial charge on any atom is 0.309 e. The smallest absolute Gasteiger partial charge is 0.309 e. The average Bonchev–Trinajstić information content (AvgIpc) is 2.36. The minimum absolute atomic E-state index is 0.229. The van der Waals surface area contributed by atoms with E-state index in [2.05, 4.69) is 10.1 Å². The summed E-state index contributed by atoms with van der Waals surface area (Å²) in [5.74, 6) is -0.229. The van der Waals surface area contributed by atoms with Gasteiger partial charge >= 0.3 is 5.97 Å². The summed E-state index contributed by atoms with van der Waals surface area (Å²) in [6.45, 7) is 2.00. The van der Waals surface area contributed by atoms with Gasteiger partial charge in [0.15, 0.2) is 0 Å². The number of methoxy groups -OCH3 is 1. The van der Waals surface area contributed by atoms with E-state index in [1.807, 2.05) is 31.3 Å². The summed E-state index contributed by atoms with van der Waals surface area (Å²) >= 11 is 0. The first-order chi connectivity index (χ1) is 8.27. The number of carbonyl (C=O) groups excluding carboxylic acids is 1. The van der Waals surface area contributed by atoms with E-state index in [-0.39, 0.29) is 5.97 Å². The van der Waals surface area contributed by atoms with Gasteiger partial charge in [0.2, 0.25) is 0 Å². The topological polar surface area (TPSA) is 47.6 Å². The lowest BCUT2D eigenvalue weighted by Crippen LogP contribution is -2.14. The van der Waals surface area contributed by atoms with E-state index in [0.717, 1.165) is 17.7 Å². The molecule has 0 radical (unpaired) electrons. The Bertz CT molecular complexity index is 352. The largest absolute Gasteiger partial charge is 0.469 e. The monoisotopic (exact) mass is 237 g/mol. The minimum Gasteiger partial charge on any atom is -0.469 e. The third-order valence-corrected chi connectivity index (χ3v) is 2.43. The van der Waals surface area contributed by atoms with Crippen molar-refractivity contribution >= 4 is 5.97 Å². The SMILES string of the molecule is CNCCOCc1ccccc1CC(=O)OC. The summed E-state index contributed by atoms with van der Waals surface area (Å²) in [7, 11) is 3.28. The van der Waals surface area contributed by atoms with E-state index in [1.54, 1.807) is 0 Å². The number of ether oxygens (including phenoxy) is 2. The quantitative estimate of drug-likeness (QED) is 0.570. The molecule has 0 saturated heterocycles. The predicted octanol–water partition coefficient (Wildman–Crippen LogP) is 1.14. The van der Waals surface area contributed by atoms with Crippen LogP contribution in [0.3, 0.4) is 0 Å². The zero-order valence-electron chi connectivity index (χ0n) is 10.4. The molecule has 17 heavy (non-hydrogen) atoms. The van der Waals surface area contributed by atoms with E-state index < -0.39 is 0 Å². The first-order valence-electron chi connectivity index (χ1n) is 5.64. The van der Waals surface area contributed by atoms with Gasteiger partial charge in [-0.05, 0) is 18.2 Å². The summed E-state index contributed by atoms with van der Waals surface area (Å²) in [4.78, 5) is 11.2. The summed E-state index contributed by atoms with van der Waals surface area (Å²) in [6.07, 6.45) is 0.294. The molecule has 4 nitrogen and oxygen atoms in total. The molecule has 0 heterocycles. The van der Waals surface area contributed by atoms with Crippen molar-refractivity contribution in [2.24, 2.45) is 0 Å². The second-order valence-corrected chi connectivity index (χ2v) is 3.68. The van der Waals surface area contributed by atoms with Crippen molar-refractivity contribution in [1.82, 2.24) is 5.32 Å². The number of rotatable bonds is 7. The number of carbonyl (C=O) groups is 1. The van der Waals surface area contributed by atoms with Gasteiger partial charge in [-0.2, -0.15) is 0 Å². The highest BCUT2D eigenvalue weighted by molar-refractivity contribution is 5.72. The summed E-state index contributed by atoms with van der Waals surface area (Å²) in [6, 6.07) is 7.75. The van der Waals surface area contributed by atoms with Crippen molar-refractivity contribution in [3.8, 4) is 0 Å². The molecule has 1 aromatic carbocycles. The van der Waals surface area contributed by atoms with Crippen LogP contribution in [0.4, 0.5) is 0 Å². The third kappa shape index (κ3) is 4.97. The molecule has 0 aliphatic carbocycles. The summed E-state index contributed by atoms with van der Waals surface area (Å²) in [5, 5.41) is 3.01. The van der Waals surface area contributed by atoms with E-state index >= 15 is 0 Å². The highest BCUT2D eigenvalue weighted by Gasteiger charge is 2.07. The van der Waals surface area contributed by atoms with Gasteiger partial charge in [0.05, 0.1) is 26.7 Å². The number of benzene rings is 1. The van der Waals surface area contributed by atoms with Crippen LogP contribution >= 0.6 is 0 Å². The molecule has 0 aliphatic heterocycles. The number of nitrogens with one attached hydrogen (secondary N) is 1. The van der Waals surface area contributed by atoms with Gasteiger partial charge < -0.3 is 14.8 Å². The second kappa shape index (κ2) is 7.81. The number of hydrogen-bond donors (Lipinski definition) is 1. The van der Waals surface area contributed by atoms with E-state index in [0.29, 0.717) is 19.6 Å². The Morgan fingerprint density at radius 2 is 2.00 bits per heavy atom. The zero-order chi connectivity index (χ0) is 12.5. The van der Waals surface area contributed by atoms with E-state index in [4.69, 9.17) is 4.74 Å². The van der Waals surface area contributed by atoms with Crippen molar-refractivity contribution in [3.05, 3.63) is 35.4 Å². The second-order valence-electron chi connectivity index (χ2n) is 3.68. The van der Waals surface area contributed by atoms with Crippen molar-refractivity contribution in [3.63, 3.8) is 0 Å². The van der Waals surface area contributed by atoms with Gasteiger partial charge in [-0.15, -0.1) is 0 Å². The Morgan fingerprint density at radius 1 is 1.29 bits per heavy atom. The van der Waals surface area contributed by atoms with Crippen LogP contribution in [-0.4, -0.2) is 33.3 Å². The Hall–Kier alpha value is -1.39. The lowest BCUT2D eigenvalue weighted by Gasteiger charge is -2.09. The molecule has 94 valence electrons. The van der Waals surface area contributed by atoms with Crippen molar-refractivity contribution < 1.29 is 14.3 Å². The highest BCUT2D eigenvalue weighted by atomic mass is 16.5. The van der Waals surface area contributed by atoms with E-state index in [9.17, 15) is 4.79 Å². The molecule has 0 fully saturated rings. The molecule has 0 atom stereocenters. The van der Waals surface area contributed by atoms with E-state index in [1.165, 1.54) is 7.11 Å². The first-order valence-corrected chi connectivity index (χ1v) is 5.64. The van der Waals surface area contributed by atoms with Gasteiger partial charge in [0.1, 0.15) is 0 Å². The maximum atomic E-state index is 11.2. The van der Waals surface area contributed by atoms with Gasteiger partial charge in [-0.25, -0.2) is 0 Å². The fourth-order valence-electron chi connectivity index (χ4n) is 1.45. The molecule has 0 aromatic heterocycles. The van der Waals surface area contributed by atoms with Crippen LogP contribution in [0.2, 0.25) is 0 Å². The van der Waals surface area contributed by atoms with Gasteiger partial charge in [-0.3, -0.25) is 4.79 Å². The summed E-state index contributed by atoms with van der Waals surface area (Å²) < 4.78 is 10.2. The lowest BCUT2D eigenvalue weighted by atomic mass is 10.1. The van der Waals surface area contributed by atoms with Crippen LogP contribution in [0, 0.1) is 0 Å². The van der Waals surface area contributed by atoms with Crippen LogP contribution in [0.5, 0.6) is 0 Å². The van der Waals surface area contributed by atoms with Crippen LogP contribution in [0.15, 0.2) is 24.3 Å². The fraction of sp³-hybridized carbons (Fsp3) is 0.462. The molecular formula is C13H19NO3. The van der Waals surface area contributed by atoms with Crippen LogP contribution in [0.25, 0.3) is 0 Å². The molecule has 1 N–H and O–H groups in total. The van der Waals surface area contributed by atoms with Crippen molar-refractivity contribution in [2.45, 2.75) is 13.0 Å². The third-order valence-electron chi connectivity index (χ3n) is 2.43. The minimum atomic E-state index is -0.229. The van der Waals surface area contributed by atoms with Crippen molar-refractivity contribution in [2.75, 3.05) is 27.3 Å². The number of hydrogen-bond acceptors (Lipinski definition) is 4. The molecule has 1 aromatic rings. The summed E-state index contributed by atoms with van der Waals surface area (Å²) in [5.41, 5.74) is 2.00. The van der Waals surface area contributed by atoms with Crippen molar-refractivity contribution in [1.29, 1.82) is 0 Å². The Kier molecular flexibility index (Phi) is 6.29. The average molecular weight is 237 g/mol. The van der Waals surface area contributed by atoms with Crippen LogP contribution in [0.1, 0.15) is 11.1 Å². The molecule has 0 aliphatic rings. The number of likely N-dealkylation sites (N-methyl/N-ethyl adjacent to an activating group) is 1. The molecule has 1 rings (SSSR count). The molecule has 4 heteroatoms.